The fourth-order valence-corrected chi connectivity index (χ4v) is 2.02. The van der Waals surface area contributed by atoms with Gasteiger partial charge in [-0.1, -0.05) is 33.1 Å². The molecule has 0 heterocycles. The smallest absolute Gasteiger partial charge is 0.309 e. The zero-order chi connectivity index (χ0) is 15.8. The molecule has 0 spiro atoms. The fourth-order valence-electron chi connectivity index (χ4n) is 2.02. The van der Waals surface area contributed by atoms with E-state index < -0.39 is 11.6 Å². The normalized spacial score (nSPS) is 14.7. The summed E-state index contributed by atoms with van der Waals surface area (Å²) in [5.74, 6) is -1.15. The lowest BCUT2D eigenvalue weighted by atomic mass is 9.96. The molecule has 0 aliphatic heterocycles. The number of hydrogen-bond acceptors (Lipinski definition) is 3. The Bertz CT molecular complexity index is 304. The molecule has 1 N–H and O–H groups in total. The Labute approximate surface area is 122 Å². The van der Waals surface area contributed by atoms with Crippen molar-refractivity contribution in [2.24, 2.45) is 11.8 Å². The van der Waals surface area contributed by atoms with Crippen LogP contribution in [0.25, 0.3) is 0 Å². The van der Waals surface area contributed by atoms with Crippen molar-refractivity contribution in [3.05, 3.63) is 0 Å². The number of aliphatic carboxylic acids is 1. The van der Waals surface area contributed by atoms with E-state index >= 15 is 0 Å². The molecule has 2 unspecified atom stereocenters. The molecule has 0 saturated carbocycles. The number of ether oxygens (including phenoxy) is 1. The molecule has 0 aromatic rings. The zero-order valence-electron chi connectivity index (χ0n) is 13.6. The molecule has 0 aromatic heterocycles. The molecule has 118 valence electrons. The topological polar surface area (TPSA) is 63.6 Å². The van der Waals surface area contributed by atoms with E-state index in [1.54, 1.807) is 6.92 Å². The minimum absolute atomic E-state index is 0.0360. The van der Waals surface area contributed by atoms with Crippen molar-refractivity contribution in [1.29, 1.82) is 0 Å². The van der Waals surface area contributed by atoms with Gasteiger partial charge in [0.25, 0.3) is 0 Å². The third kappa shape index (κ3) is 8.94. The predicted octanol–water partition coefficient (Wildman–Crippen LogP) is 4.03. The van der Waals surface area contributed by atoms with Crippen LogP contribution in [0.3, 0.4) is 0 Å². The third-order valence-corrected chi connectivity index (χ3v) is 3.34. The summed E-state index contributed by atoms with van der Waals surface area (Å²) in [7, 11) is 0. The standard InChI is InChI=1S/C16H30O4/c1-6-13(15(19)20-16(3,4)5)11-9-7-8-10-12(2)14(17)18/h12-13H,6-11H2,1-5H3,(H,17,18). The number of hydrogen-bond donors (Lipinski definition) is 1. The van der Waals surface area contributed by atoms with Gasteiger partial charge in [0.2, 0.25) is 0 Å². The first-order chi connectivity index (χ1) is 9.17. The van der Waals surface area contributed by atoms with Gasteiger partial charge in [-0.25, -0.2) is 0 Å². The van der Waals surface area contributed by atoms with Gasteiger partial charge < -0.3 is 9.84 Å². The average molecular weight is 286 g/mol. The second-order valence-corrected chi connectivity index (χ2v) is 6.52. The van der Waals surface area contributed by atoms with Gasteiger partial charge in [0, 0.05) is 0 Å². The van der Waals surface area contributed by atoms with Gasteiger partial charge in [-0.15, -0.1) is 0 Å². The molecule has 4 heteroatoms. The third-order valence-electron chi connectivity index (χ3n) is 3.34. The van der Waals surface area contributed by atoms with Crippen molar-refractivity contribution in [2.45, 2.75) is 78.7 Å². The van der Waals surface area contributed by atoms with Gasteiger partial charge in [0.05, 0.1) is 11.8 Å². The van der Waals surface area contributed by atoms with Gasteiger partial charge in [-0.2, -0.15) is 0 Å². The minimum atomic E-state index is -0.731. The van der Waals surface area contributed by atoms with E-state index in [1.165, 1.54) is 0 Å². The number of carboxylic acid groups (broad SMARTS) is 1. The van der Waals surface area contributed by atoms with Crippen LogP contribution in [0.5, 0.6) is 0 Å². The number of carbonyl (C=O) groups excluding carboxylic acids is 1. The Morgan fingerprint density at radius 2 is 1.65 bits per heavy atom. The van der Waals surface area contributed by atoms with Crippen LogP contribution in [0.2, 0.25) is 0 Å². The molecule has 0 aliphatic rings. The summed E-state index contributed by atoms with van der Waals surface area (Å²) in [6.45, 7) is 9.37. The molecule has 0 fully saturated rings. The van der Waals surface area contributed by atoms with Crippen molar-refractivity contribution in [3.63, 3.8) is 0 Å². The van der Waals surface area contributed by atoms with Gasteiger partial charge in [-0.05, 0) is 40.0 Å². The maximum absolute atomic E-state index is 12.0. The van der Waals surface area contributed by atoms with Crippen molar-refractivity contribution in [2.75, 3.05) is 0 Å². The highest BCUT2D eigenvalue weighted by Gasteiger charge is 2.23. The second-order valence-electron chi connectivity index (χ2n) is 6.52. The van der Waals surface area contributed by atoms with Crippen LogP contribution in [0.15, 0.2) is 0 Å². The van der Waals surface area contributed by atoms with E-state index in [-0.39, 0.29) is 17.8 Å². The highest BCUT2D eigenvalue weighted by molar-refractivity contribution is 5.72. The summed E-state index contributed by atoms with van der Waals surface area (Å²) in [6, 6.07) is 0. The Kier molecular flexibility index (Phi) is 8.51. The van der Waals surface area contributed by atoms with Crippen molar-refractivity contribution >= 4 is 11.9 Å². The van der Waals surface area contributed by atoms with Crippen molar-refractivity contribution in [3.8, 4) is 0 Å². The highest BCUT2D eigenvalue weighted by Crippen LogP contribution is 2.20. The van der Waals surface area contributed by atoms with E-state index in [9.17, 15) is 9.59 Å². The first-order valence-electron chi connectivity index (χ1n) is 7.63. The molecule has 0 rings (SSSR count). The molecule has 0 aliphatic carbocycles. The van der Waals surface area contributed by atoms with E-state index in [0.717, 1.165) is 32.1 Å². The van der Waals surface area contributed by atoms with E-state index in [0.29, 0.717) is 6.42 Å². The lowest BCUT2D eigenvalue weighted by Gasteiger charge is -2.23. The van der Waals surface area contributed by atoms with Crippen molar-refractivity contribution in [1.82, 2.24) is 0 Å². The summed E-state index contributed by atoms with van der Waals surface area (Å²) in [5, 5.41) is 8.78. The quantitative estimate of drug-likeness (QED) is 0.513. The first-order valence-corrected chi connectivity index (χ1v) is 7.63. The molecule has 0 bridgehead atoms. The lowest BCUT2D eigenvalue weighted by molar-refractivity contribution is -0.160. The van der Waals surface area contributed by atoms with Crippen LogP contribution < -0.4 is 0 Å². The number of carboxylic acids is 1. The summed E-state index contributed by atoms with van der Waals surface area (Å²) >= 11 is 0. The monoisotopic (exact) mass is 286 g/mol. The Balaban J connectivity index is 3.91. The maximum atomic E-state index is 12.0. The Morgan fingerprint density at radius 1 is 1.10 bits per heavy atom. The molecule has 0 radical (unpaired) electrons. The summed E-state index contributed by atoms with van der Waals surface area (Å²) in [5.41, 5.74) is -0.429. The summed E-state index contributed by atoms with van der Waals surface area (Å²) in [4.78, 5) is 22.6. The number of carbonyl (C=O) groups is 2. The minimum Gasteiger partial charge on any atom is -0.481 e. The van der Waals surface area contributed by atoms with Crippen LogP contribution in [0.4, 0.5) is 0 Å². The molecule has 4 nitrogen and oxygen atoms in total. The Morgan fingerprint density at radius 3 is 2.10 bits per heavy atom. The second kappa shape index (κ2) is 8.98. The number of rotatable bonds is 9. The SMILES string of the molecule is CCC(CCCCCC(C)C(=O)O)C(=O)OC(C)(C)C. The number of esters is 1. The first kappa shape index (κ1) is 18.9. The molecule has 0 saturated heterocycles. The molecule has 2 atom stereocenters. The van der Waals surface area contributed by atoms with Gasteiger partial charge in [0.1, 0.15) is 5.60 Å². The summed E-state index contributed by atoms with van der Waals surface area (Å²) < 4.78 is 5.40. The van der Waals surface area contributed by atoms with E-state index in [1.807, 2.05) is 27.7 Å². The van der Waals surface area contributed by atoms with Crippen LogP contribution in [-0.4, -0.2) is 22.6 Å². The van der Waals surface area contributed by atoms with Crippen LogP contribution in [0, 0.1) is 11.8 Å². The van der Waals surface area contributed by atoms with E-state index in [2.05, 4.69) is 0 Å². The molecular formula is C16H30O4. The van der Waals surface area contributed by atoms with Crippen LogP contribution in [0.1, 0.15) is 73.1 Å². The lowest BCUT2D eigenvalue weighted by Crippen LogP contribution is -2.28. The zero-order valence-corrected chi connectivity index (χ0v) is 13.6. The summed E-state index contributed by atoms with van der Waals surface area (Å²) in [6.07, 6.45) is 5.14. The molecule has 20 heavy (non-hydrogen) atoms. The largest absolute Gasteiger partial charge is 0.481 e. The fraction of sp³-hybridized carbons (Fsp3) is 0.875. The van der Waals surface area contributed by atoms with Gasteiger partial charge in [0.15, 0.2) is 0 Å². The Hall–Kier alpha value is -1.06. The molecular weight excluding hydrogens is 256 g/mol. The molecule has 0 amide bonds. The highest BCUT2D eigenvalue weighted by atomic mass is 16.6. The van der Waals surface area contributed by atoms with Gasteiger partial charge in [-0.3, -0.25) is 9.59 Å². The van der Waals surface area contributed by atoms with E-state index in [4.69, 9.17) is 9.84 Å². The van der Waals surface area contributed by atoms with Crippen LogP contribution in [-0.2, 0) is 14.3 Å². The predicted molar refractivity (Wildman–Crippen MR) is 79.5 cm³/mol. The van der Waals surface area contributed by atoms with Crippen molar-refractivity contribution < 1.29 is 19.4 Å². The molecule has 0 aromatic carbocycles. The van der Waals surface area contributed by atoms with Crippen LogP contribution >= 0.6 is 0 Å². The maximum Gasteiger partial charge on any atom is 0.309 e. The average Bonchev–Trinajstić information content (AvgIpc) is 2.30. The van der Waals surface area contributed by atoms with Gasteiger partial charge >= 0.3 is 11.9 Å². The number of unbranched alkanes of at least 4 members (excludes halogenated alkanes) is 2.